The van der Waals surface area contributed by atoms with Crippen LogP contribution in [0, 0.1) is 6.92 Å². The highest BCUT2D eigenvalue weighted by Gasteiger charge is 2.32. The maximum absolute atomic E-state index is 13.5. The lowest BCUT2D eigenvalue weighted by molar-refractivity contribution is -0.0332. The largest absolute Gasteiger partial charge is 0.507 e. The zero-order chi connectivity index (χ0) is 22.8. The highest BCUT2D eigenvalue weighted by Crippen LogP contribution is 2.42. The second-order valence-corrected chi connectivity index (χ2v) is 7.90. The van der Waals surface area contributed by atoms with Crippen molar-refractivity contribution in [1.29, 1.82) is 0 Å². The van der Waals surface area contributed by atoms with Crippen LogP contribution in [0.15, 0.2) is 30.3 Å². The minimum Gasteiger partial charge on any atom is -0.507 e. The second-order valence-electron chi connectivity index (χ2n) is 7.90. The van der Waals surface area contributed by atoms with Gasteiger partial charge < -0.3 is 24.2 Å². The van der Waals surface area contributed by atoms with Crippen molar-refractivity contribution in [1.82, 2.24) is 0 Å². The number of fused-ring (bicyclic) bond motifs is 2. The predicted molar refractivity (Wildman–Crippen MR) is 117 cm³/mol. The van der Waals surface area contributed by atoms with Crippen molar-refractivity contribution in [3.8, 4) is 17.2 Å². The molecule has 2 aromatic rings. The first kappa shape index (κ1) is 22.6. The minimum atomic E-state index is -0.517. The number of nitrogens with zero attached hydrogens (tertiary/aromatic N) is 1. The van der Waals surface area contributed by atoms with Gasteiger partial charge in [-0.25, -0.2) is 4.79 Å². The number of hydrogen-bond donors (Lipinski definition) is 1. The van der Waals surface area contributed by atoms with Crippen LogP contribution in [0.4, 0.5) is 5.69 Å². The van der Waals surface area contributed by atoms with Gasteiger partial charge in [0.2, 0.25) is 0 Å². The lowest BCUT2D eigenvalue weighted by Crippen LogP contribution is -2.37. The Hall–Kier alpha value is -3.06. The molecule has 1 aliphatic rings. The summed E-state index contributed by atoms with van der Waals surface area (Å²) in [7, 11) is 1.30. The summed E-state index contributed by atoms with van der Waals surface area (Å²) in [6, 6.07) is 7.99. The van der Waals surface area contributed by atoms with E-state index in [1.54, 1.807) is 24.3 Å². The molecule has 0 aromatic heterocycles. The molecule has 31 heavy (non-hydrogen) atoms. The minimum absolute atomic E-state index is 0.0789. The molecule has 7 nitrogen and oxygen atoms in total. The van der Waals surface area contributed by atoms with Crippen LogP contribution in [-0.2, 0) is 9.47 Å². The van der Waals surface area contributed by atoms with Gasteiger partial charge in [0, 0.05) is 6.54 Å². The smallest absolute Gasteiger partial charge is 0.337 e. The first-order valence-electron chi connectivity index (χ1n) is 10.4. The maximum Gasteiger partial charge on any atom is 0.337 e. The number of esters is 1. The highest BCUT2D eigenvalue weighted by molar-refractivity contribution is 6.12. The molecule has 0 unspecified atom stereocenters. The molecule has 1 N–H and O–H groups in total. The van der Waals surface area contributed by atoms with E-state index in [0.717, 1.165) is 18.4 Å². The summed E-state index contributed by atoms with van der Waals surface area (Å²) in [5.74, 6) is -0.426. The van der Waals surface area contributed by atoms with Gasteiger partial charge in [0.1, 0.15) is 17.1 Å². The average molecular weight is 427 g/mol. The van der Waals surface area contributed by atoms with E-state index in [-0.39, 0.29) is 35.8 Å². The van der Waals surface area contributed by atoms with E-state index < -0.39 is 11.9 Å². The van der Waals surface area contributed by atoms with E-state index in [1.165, 1.54) is 18.1 Å². The van der Waals surface area contributed by atoms with Crippen molar-refractivity contribution in [3.05, 3.63) is 47.0 Å². The summed E-state index contributed by atoms with van der Waals surface area (Å²) in [5.41, 5.74) is 1.26. The number of ether oxygens (including phenoxy) is 3. The standard InChI is InChI=1S/C24H29NO6/c1-6-24(4,7-2)30-11-10-25-17-14-16(23(28)29-5)8-9-19(17)31-20-13-15(3)12-18(26)21(20)22(25)27/h8-9,12-14,26H,6-7,10-11H2,1-5H3. The van der Waals surface area contributed by atoms with Gasteiger partial charge in [-0.3, -0.25) is 4.79 Å². The van der Waals surface area contributed by atoms with E-state index in [2.05, 4.69) is 13.8 Å². The van der Waals surface area contributed by atoms with Gasteiger partial charge >= 0.3 is 5.97 Å². The third-order valence-corrected chi connectivity index (χ3v) is 5.84. The molecule has 0 aliphatic carbocycles. The summed E-state index contributed by atoms with van der Waals surface area (Å²) in [6.45, 7) is 8.47. The molecule has 1 heterocycles. The quantitative estimate of drug-likeness (QED) is 0.637. The van der Waals surface area contributed by atoms with E-state index in [1.807, 2.05) is 13.8 Å². The fraction of sp³-hybridized carbons (Fsp3) is 0.417. The Kier molecular flexibility index (Phi) is 6.55. The molecule has 166 valence electrons. The molecule has 0 fully saturated rings. The molecule has 0 atom stereocenters. The van der Waals surface area contributed by atoms with Crippen molar-refractivity contribution in [2.75, 3.05) is 25.2 Å². The summed E-state index contributed by atoms with van der Waals surface area (Å²) in [6.07, 6.45) is 1.68. The molecule has 3 rings (SSSR count). The molecule has 7 heteroatoms. The number of hydrogen-bond acceptors (Lipinski definition) is 6. The lowest BCUT2D eigenvalue weighted by atomic mass is 10.0. The van der Waals surface area contributed by atoms with Gasteiger partial charge in [0.15, 0.2) is 5.75 Å². The van der Waals surface area contributed by atoms with Gasteiger partial charge in [-0.05, 0) is 62.6 Å². The Bertz CT molecular complexity index is 996. The Balaban J connectivity index is 2.05. The van der Waals surface area contributed by atoms with Crippen LogP contribution in [0.3, 0.4) is 0 Å². The number of rotatable bonds is 7. The third-order valence-electron chi connectivity index (χ3n) is 5.84. The van der Waals surface area contributed by atoms with Crippen LogP contribution in [0.25, 0.3) is 0 Å². The molecule has 0 saturated carbocycles. The van der Waals surface area contributed by atoms with Gasteiger partial charge in [-0.15, -0.1) is 0 Å². The Morgan fingerprint density at radius 2 is 1.87 bits per heavy atom. The van der Waals surface area contributed by atoms with Crippen LogP contribution >= 0.6 is 0 Å². The van der Waals surface area contributed by atoms with Crippen LogP contribution in [0.1, 0.15) is 59.9 Å². The molecule has 2 aromatic carbocycles. The van der Waals surface area contributed by atoms with Crippen molar-refractivity contribution in [2.45, 2.75) is 46.1 Å². The van der Waals surface area contributed by atoms with Gasteiger partial charge in [0.05, 0.1) is 30.6 Å². The molecule has 0 spiro atoms. The fourth-order valence-electron chi connectivity index (χ4n) is 3.51. The van der Waals surface area contributed by atoms with Crippen molar-refractivity contribution < 1.29 is 28.9 Å². The first-order valence-corrected chi connectivity index (χ1v) is 10.4. The third kappa shape index (κ3) is 4.51. The predicted octanol–water partition coefficient (Wildman–Crippen LogP) is 4.84. The number of benzene rings is 2. The van der Waals surface area contributed by atoms with E-state index in [9.17, 15) is 14.7 Å². The zero-order valence-corrected chi connectivity index (χ0v) is 18.7. The number of carbonyl (C=O) groups excluding carboxylic acids is 2. The maximum atomic E-state index is 13.5. The lowest BCUT2D eigenvalue weighted by Gasteiger charge is -2.29. The summed E-state index contributed by atoms with van der Waals surface area (Å²) < 4.78 is 16.9. The topological polar surface area (TPSA) is 85.3 Å². The molecule has 0 bridgehead atoms. The zero-order valence-electron chi connectivity index (χ0n) is 18.7. The molecule has 0 radical (unpaired) electrons. The van der Waals surface area contributed by atoms with Gasteiger partial charge in [-0.1, -0.05) is 13.8 Å². The average Bonchev–Trinajstić information content (AvgIpc) is 2.86. The van der Waals surface area contributed by atoms with E-state index in [0.29, 0.717) is 17.0 Å². The Morgan fingerprint density at radius 3 is 2.52 bits per heavy atom. The Morgan fingerprint density at radius 1 is 1.16 bits per heavy atom. The van der Waals surface area contributed by atoms with Crippen LogP contribution in [-0.4, -0.2) is 42.8 Å². The molecule has 0 saturated heterocycles. The number of phenolic OH excluding ortho intramolecular Hbond substituents is 1. The van der Waals surface area contributed by atoms with Crippen molar-refractivity contribution in [3.63, 3.8) is 0 Å². The Labute approximate surface area is 182 Å². The monoisotopic (exact) mass is 427 g/mol. The number of aryl methyl sites for hydroxylation is 1. The number of methoxy groups -OCH3 is 1. The van der Waals surface area contributed by atoms with Crippen LogP contribution in [0.2, 0.25) is 0 Å². The SMILES string of the molecule is CCC(C)(CC)OCCN1C(=O)c2c(O)cc(C)cc2Oc2ccc(C(=O)OC)cc21. The number of amides is 1. The van der Waals surface area contributed by atoms with Crippen LogP contribution < -0.4 is 9.64 Å². The van der Waals surface area contributed by atoms with Crippen LogP contribution in [0.5, 0.6) is 17.2 Å². The number of phenols is 1. The number of carbonyl (C=O) groups is 2. The molecular weight excluding hydrogens is 398 g/mol. The van der Waals surface area contributed by atoms with E-state index >= 15 is 0 Å². The summed E-state index contributed by atoms with van der Waals surface area (Å²) >= 11 is 0. The fourth-order valence-corrected chi connectivity index (χ4v) is 3.51. The van der Waals surface area contributed by atoms with Crippen molar-refractivity contribution >= 4 is 17.6 Å². The highest BCUT2D eigenvalue weighted by atomic mass is 16.5. The van der Waals surface area contributed by atoms with Gasteiger partial charge in [-0.2, -0.15) is 0 Å². The number of aromatic hydroxyl groups is 1. The first-order chi connectivity index (χ1) is 14.7. The number of anilines is 1. The van der Waals surface area contributed by atoms with E-state index in [4.69, 9.17) is 14.2 Å². The van der Waals surface area contributed by atoms with Crippen molar-refractivity contribution in [2.24, 2.45) is 0 Å². The normalized spacial score (nSPS) is 13.2. The molecule has 1 aliphatic heterocycles. The molecular formula is C24H29NO6. The summed E-state index contributed by atoms with van der Waals surface area (Å²) in [4.78, 5) is 27.1. The second kappa shape index (κ2) is 8.98. The van der Waals surface area contributed by atoms with Gasteiger partial charge in [0.25, 0.3) is 5.91 Å². The summed E-state index contributed by atoms with van der Waals surface area (Å²) in [5, 5.41) is 10.5. The molecule has 1 amide bonds.